The molecule has 1 aromatic carbocycles. The fourth-order valence-electron chi connectivity index (χ4n) is 1.32. The van der Waals surface area contributed by atoms with Crippen LogP contribution >= 0.6 is 0 Å². The third-order valence-electron chi connectivity index (χ3n) is 2.25. The summed E-state index contributed by atoms with van der Waals surface area (Å²) < 4.78 is 13.1. The van der Waals surface area contributed by atoms with E-state index in [1.54, 1.807) is 17.0 Å². The maximum Gasteiger partial charge on any atom is 0.256 e. The molecule has 1 heterocycles. The number of amides is 1. The molecule has 0 spiro atoms. The van der Waals surface area contributed by atoms with Gasteiger partial charge in [-0.3, -0.25) is 4.79 Å². The Morgan fingerprint density at radius 2 is 1.93 bits per heavy atom. The molecular formula is C11H15FN2O. The van der Waals surface area contributed by atoms with Crippen LogP contribution in [0.25, 0.3) is 0 Å². The first-order valence-electron chi connectivity index (χ1n) is 4.90. The maximum absolute atomic E-state index is 13.1. The normalized spacial score (nSPS) is 13.7. The molecule has 0 aliphatic carbocycles. The van der Waals surface area contributed by atoms with Crippen molar-refractivity contribution in [3.63, 3.8) is 0 Å². The monoisotopic (exact) mass is 210 g/mol. The number of hydrogen-bond acceptors (Lipinski definition) is 2. The predicted molar refractivity (Wildman–Crippen MR) is 57.0 cm³/mol. The van der Waals surface area contributed by atoms with E-state index in [2.05, 4.69) is 5.73 Å². The van der Waals surface area contributed by atoms with Gasteiger partial charge >= 0.3 is 0 Å². The quantitative estimate of drug-likeness (QED) is 0.758. The van der Waals surface area contributed by atoms with Gasteiger partial charge in [-0.15, -0.1) is 0 Å². The van der Waals surface area contributed by atoms with Crippen molar-refractivity contribution >= 4 is 5.91 Å². The lowest BCUT2D eigenvalue weighted by molar-refractivity contribution is 0.0647. The van der Waals surface area contributed by atoms with Crippen molar-refractivity contribution in [2.24, 2.45) is 5.73 Å². The largest absolute Gasteiger partial charge is 0.338 e. The van der Waals surface area contributed by atoms with Gasteiger partial charge in [-0.25, -0.2) is 4.39 Å². The molecule has 1 aromatic rings. The van der Waals surface area contributed by atoms with Gasteiger partial charge in [0.15, 0.2) is 0 Å². The van der Waals surface area contributed by atoms with Gasteiger partial charge < -0.3 is 10.6 Å². The topological polar surface area (TPSA) is 46.3 Å². The van der Waals surface area contributed by atoms with Gasteiger partial charge in [-0.2, -0.15) is 0 Å². The molecule has 0 atom stereocenters. The van der Waals surface area contributed by atoms with E-state index in [-0.39, 0.29) is 11.5 Å². The minimum atomic E-state index is -0.431. The number of likely N-dealkylation sites (tertiary alicyclic amines) is 1. The Balaban J connectivity index is 0.000000531. The maximum atomic E-state index is 13.1. The minimum Gasteiger partial charge on any atom is -0.338 e. The number of hydrogen-bond donors (Lipinski definition) is 1. The van der Waals surface area contributed by atoms with E-state index in [1.165, 1.54) is 19.2 Å². The average Bonchev–Trinajstić information content (AvgIpc) is 2.19. The molecule has 1 fully saturated rings. The van der Waals surface area contributed by atoms with Gasteiger partial charge in [-0.05, 0) is 25.6 Å². The van der Waals surface area contributed by atoms with Crippen LogP contribution in [0.15, 0.2) is 24.3 Å². The highest BCUT2D eigenvalue weighted by Crippen LogP contribution is 2.14. The van der Waals surface area contributed by atoms with Gasteiger partial charge in [0.05, 0.1) is 5.56 Å². The van der Waals surface area contributed by atoms with Crippen LogP contribution in [0.2, 0.25) is 0 Å². The summed E-state index contributed by atoms with van der Waals surface area (Å²) in [6.45, 7) is 1.51. The van der Waals surface area contributed by atoms with Gasteiger partial charge in [0.2, 0.25) is 0 Å². The van der Waals surface area contributed by atoms with Crippen LogP contribution in [0, 0.1) is 5.82 Å². The highest BCUT2D eigenvalue weighted by Gasteiger charge is 2.23. The highest BCUT2D eigenvalue weighted by molar-refractivity contribution is 5.94. The Labute approximate surface area is 88.7 Å². The van der Waals surface area contributed by atoms with E-state index in [1.807, 2.05) is 0 Å². The SMILES string of the molecule is CN.O=C(c1ccccc1F)N1CCC1. The Hall–Kier alpha value is -1.42. The molecule has 2 N–H and O–H groups in total. The van der Waals surface area contributed by atoms with Crippen LogP contribution in [0.5, 0.6) is 0 Å². The number of benzene rings is 1. The number of halogens is 1. The summed E-state index contributed by atoms with van der Waals surface area (Å²) in [7, 11) is 1.50. The summed E-state index contributed by atoms with van der Waals surface area (Å²) in [6, 6.07) is 6.10. The first-order valence-corrected chi connectivity index (χ1v) is 4.90. The van der Waals surface area contributed by atoms with E-state index >= 15 is 0 Å². The van der Waals surface area contributed by atoms with Crippen molar-refractivity contribution < 1.29 is 9.18 Å². The van der Waals surface area contributed by atoms with E-state index < -0.39 is 5.82 Å². The lowest BCUT2D eigenvalue weighted by Gasteiger charge is -2.30. The molecule has 1 aliphatic rings. The number of carbonyl (C=O) groups excluding carboxylic acids is 1. The number of rotatable bonds is 1. The molecule has 0 unspecified atom stereocenters. The van der Waals surface area contributed by atoms with Crippen LogP contribution in [0.4, 0.5) is 4.39 Å². The Morgan fingerprint density at radius 3 is 2.40 bits per heavy atom. The van der Waals surface area contributed by atoms with Crippen molar-refractivity contribution in [2.45, 2.75) is 6.42 Å². The summed E-state index contributed by atoms with van der Waals surface area (Å²) in [6.07, 6.45) is 1.03. The van der Waals surface area contributed by atoms with Gasteiger partial charge in [0.1, 0.15) is 5.82 Å². The molecule has 82 valence electrons. The van der Waals surface area contributed by atoms with Crippen LogP contribution in [0.1, 0.15) is 16.8 Å². The van der Waals surface area contributed by atoms with Gasteiger partial charge in [-0.1, -0.05) is 12.1 Å². The highest BCUT2D eigenvalue weighted by atomic mass is 19.1. The zero-order valence-corrected chi connectivity index (χ0v) is 8.74. The second-order valence-corrected chi connectivity index (χ2v) is 3.13. The van der Waals surface area contributed by atoms with E-state index in [9.17, 15) is 9.18 Å². The molecule has 1 amide bonds. The Morgan fingerprint density at radius 1 is 1.33 bits per heavy atom. The zero-order chi connectivity index (χ0) is 11.3. The Kier molecular flexibility index (Phi) is 4.24. The van der Waals surface area contributed by atoms with Crippen LogP contribution < -0.4 is 5.73 Å². The zero-order valence-electron chi connectivity index (χ0n) is 8.74. The molecule has 0 aromatic heterocycles. The molecule has 15 heavy (non-hydrogen) atoms. The van der Waals surface area contributed by atoms with E-state index in [0.717, 1.165) is 19.5 Å². The summed E-state index contributed by atoms with van der Waals surface area (Å²) in [5, 5.41) is 0. The molecule has 0 saturated carbocycles. The fraction of sp³-hybridized carbons (Fsp3) is 0.364. The molecule has 3 nitrogen and oxygen atoms in total. The summed E-state index contributed by atoms with van der Waals surface area (Å²) in [5.41, 5.74) is 4.68. The lowest BCUT2D eigenvalue weighted by atomic mass is 10.1. The number of carbonyl (C=O) groups is 1. The number of nitrogens with two attached hydrogens (primary N) is 1. The smallest absolute Gasteiger partial charge is 0.256 e. The Bertz CT molecular complexity index is 337. The van der Waals surface area contributed by atoms with Crippen molar-refractivity contribution in [3.8, 4) is 0 Å². The molecular weight excluding hydrogens is 195 g/mol. The molecule has 0 bridgehead atoms. The molecule has 0 radical (unpaired) electrons. The van der Waals surface area contributed by atoms with Crippen LogP contribution in [0.3, 0.4) is 0 Å². The first-order chi connectivity index (χ1) is 7.29. The number of nitrogens with zero attached hydrogens (tertiary/aromatic N) is 1. The summed E-state index contributed by atoms with van der Waals surface area (Å²) in [5.74, 6) is -0.622. The van der Waals surface area contributed by atoms with Crippen molar-refractivity contribution in [3.05, 3.63) is 35.6 Å². The third kappa shape index (κ3) is 2.53. The fourth-order valence-corrected chi connectivity index (χ4v) is 1.32. The standard InChI is InChI=1S/C10H10FNO.CH5N/c11-9-5-2-1-4-8(9)10(13)12-6-3-7-12;1-2/h1-2,4-5H,3,6-7H2;2H2,1H3. The van der Waals surface area contributed by atoms with Crippen molar-refractivity contribution in [2.75, 3.05) is 20.1 Å². The van der Waals surface area contributed by atoms with E-state index in [4.69, 9.17) is 0 Å². The molecule has 2 rings (SSSR count). The van der Waals surface area contributed by atoms with Crippen LogP contribution in [-0.2, 0) is 0 Å². The van der Waals surface area contributed by atoms with Gasteiger partial charge in [0.25, 0.3) is 5.91 Å². The van der Waals surface area contributed by atoms with Crippen molar-refractivity contribution in [1.82, 2.24) is 4.90 Å². The van der Waals surface area contributed by atoms with Crippen LogP contribution in [-0.4, -0.2) is 30.9 Å². The molecule has 1 saturated heterocycles. The molecule has 4 heteroatoms. The van der Waals surface area contributed by atoms with E-state index in [0.29, 0.717) is 0 Å². The minimum absolute atomic E-state index is 0.183. The third-order valence-corrected chi connectivity index (χ3v) is 2.25. The summed E-state index contributed by atoms with van der Waals surface area (Å²) in [4.78, 5) is 13.2. The van der Waals surface area contributed by atoms with Gasteiger partial charge in [0, 0.05) is 13.1 Å². The summed E-state index contributed by atoms with van der Waals surface area (Å²) >= 11 is 0. The second-order valence-electron chi connectivity index (χ2n) is 3.13. The second kappa shape index (κ2) is 5.46. The average molecular weight is 210 g/mol. The lowest BCUT2D eigenvalue weighted by Crippen LogP contribution is -2.42. The first kappa shape index (κ1) is 11.7. The van der Waals surface area contributed by atoms with Crippen molar-refractivity contribution in [1.29, 1.82) is 0 Å². The molecule has 1 aliphatic heterocycles. The predicted octanol–water partition coefficient (Wildman–Crippen LogP) is 1.25.